The second kappa shape index (κ2) is 4.40. The molecule has 5 nitrogen and oxygen atoms in total. The molecule has 0 aliphatic carbocycles. The Kier molecular flexibility index (Phi) is 2.96. The minimum atomic E-state index is -0.263. The van der Waals surface area contributed by atoms with Gasteiger partial charge in [0.25, 0.3) is 5.91 Å². The van der Waals surface area contributed by atoms with E-state index in [0.717, 1.165) is 12.1 Å². The van der Waals surface area contributed by atoms with Gasteiger partial charge in [-0.25, -0.2) is 0 Å². The molecule has 84 valence electrons. The lowest BCUT2D eigenvalue weighted by molar-refractivity contribution is 0.102. The molecule has 0 atom stereocenters. The summed E-state index contributed by atoms with van der Waals surface area (Å²) >= 11 is 5.70. The van der Waals surface area contributed by atoms with Gasteiger partial charge < -0.3 is 10.3 Å². The molecule has 2 aromatic rings. The summed E-state index contributed by atoms with van der Waals surface area (Å²) in [5.41, 5.74) is 1.38. The smallest absolute Gasteiger partial charge is 0.273 e. The average molecular weight is 239 g/mol. The van der Waals surface area contributed by atoms with Crippen molar-refractivity contribution in [3.8, 4) is 0 Å². The van der Waals surface area contributed by atoms with Crippen molar-refractivity contribution in [2.45, 2.75) is 13.3 Å². The summed E-state index contributed by atoms with van der Waals surface area (Å²) in [5, 5.41) is 9.93. The van der Waals surface area contributed by atoms with E-state index in [4.69, 9.17) is 11.6 Å². The number of aryl methyl sites for hydroxylation is 1. The van der Waals surface area contributed by atoms with Crippen LogP contribution in [0.2, 0.25) is 5.02 Å². The van der Waals surface area contributed by atoms with Crippen molar-refractivity contribution in [2.24, 2.45) is 0 Å². The van der Waals surface area contributed by atoms with Crippen LogP contribution in [0.4, 0.5) is 5.82 Å². The highest BCUT2D eigenvalue weighted by atomic mass is 35.5. The number of carbonyl (C=O) groups is 1. The molecule has 2 aromatic heterocycles. The standard InChI is InChI=1S/C10H11ClN4O/c1-2-7-4-9(15-14-7)13-10(16)8-3-6(11)5-12-8/h3-5,12H,2H2,1H3,(H2,13,14,15,16). The molecule has 0 spiro atoms. The lowest BCUT2D eigenvalue weighted by Crippen LogP contribution is -2.12. The molecule has 0 aliphatic rings. The van der Waals surface area contributed by atoms with Crippen molar-refractivity contribution in [1.82, 2.24) is 15.2 Å². The fourth-order valence-corrected chi connectivity index (χ4v) is 1.45. The van der Waals surface area contributed by atoms with Crippen LogP contribution < -0.4 is 5.32 Å². The van der Waals surface area contributed by atoms with Crippen LogP contribution in [-0.2, 0) is 6.42 Å². The van der Waals surface area contributed by atoms with E-state index < -0.39 is 0 Å². The third-order valence-corrected chi connectivity index (χ3v) is 2.36. The van der Waals surface area contributed by atoms with Gasteiger partial charge in [0.2, 0.25) is 0 Å². The highest BCUT2D eigenvalue weighted by Gasteiger charge is 2.09. The van der Waals surface area contributed by atoms with Crippen molar-refractivity contribution < 1.29 is 4.79 Å². The van der Waals surface area contributed by atoms with Crippen LogP contribution in [0.25, 0.3) is 0 Å². The largest absolute Gasteiger partial charge is 0.356 e. The lowest BCUT2D eigenvalue weighted by atomic mass is 10.3. The topological polar surface area (TPSA) is 73.6 Å². The Hall–Kier alpha value is -1.75. The van der Waals surface area contributed by atoms with Crippen LogP contribution in [0.5, 0.6) is 0 Å². The first-order valence-corrected chi connectivity index (χ1v) is 5.26. The second-order valence-corrected chi connectivity index (χ2v) is 3.75. The van der Waals surface area contributed by atoms with Gasteiger partial charge in [-0.1, -0.05) is 18.5 Å². The van der Waals surface area contributed by atoms with Crippen LogP contribution in [-0.4, -0.2) is 21.1 Å². The molecule has 2 heterocycles. The number of hydrogen-bond donors (Lipinski definition) is 3. The number of aromatic amines is 2. The van der Waals surface area contributed by atoms with Crippen molar-refractivity contribution >= 4 is 23.3 Å². The van der Waals surface area contributed by atoms with E-state index in [1.807, 2.05) is 6.92 Å². The number of H-pyrrole nitrogens is 2. The van der Waals surface area contributed by atoms with Crippen LogP contribution in [0.3, 0.4) is 0 Å². The SMILES string of the molecule is CCc1cc(NC(=O)c2cc(Cl)c[nH]2)n[nH]1. The number of amides is 1. The quantitative estimate of drug-likeness (QED) is 0.767. The monoisotopic (exact) mass is 238 g/mol. The molecule has 0 bridgehead atoms. The molecule has 0 radical (unpaired) electrons. The highest BCUT2D eigenvalue weighted by molar-refractivity contribution is 6.31. The number of carbonyl (C=O) groups excluding carboxylic acids is 1. The zero-order valence-corrected chi connectivity index (χ0v) is 9.43. The van der Waals surface area contributed by atoms with Crippen molar-refractivity contribution in [3.63, 3.8) is 0 Å². The molecule has 0 unspecified atom stereocenters. The maximum Gasteiger partial charge on any atom is 0.273 e. The molecule has 0 fully saturated rings. The van der Waals surface area contributed by atoms with Gasteiger partial charge in [0.15, 0.2) is 5.82 Å². The summed E-state index contributed by atoms with van der Waals surface area (Å²) in [6.07, 6.45) is 2.40. The Bertz CT molecular complexity index is 502. The number of nitrogens with one attached hydrogen (secondary N) is 3. The van der Waals surface area contributed by atoms with Crippen molar-refractivity contribution in [1.29, 1.82) is 0 Å². The Morgan fingerprint density at radius 3 is 2.94 bits per heavy atom. The molecule has 3 N–H and O–H groups in total. The van der Waals surface area contributed by atoms with Gasteiger partial charge in [0, 0.05) is 18.0 Å². The van der Waals surface area contributed by atoms with Crippen LogP contribution in [0.1, 0.15) is 23.1 Å². The summed E-state index contributed by atoms with van der Waals surface area (Å²) in [6, 6.07) is 3.35. The molecular formula is C10H11ClN4O. The minimum absolute atomic E-state index is 0.263. The summed E-state index contributed by atoms with van der Waals surface area (Å²) in [7, 11) is 0. The predicted octanol–water partition coefficient (Wildman–Crippen LogP) is 2.21. The molecule has 1 amide bonds. The summed E-state index contributed by atoms with van der Waals surface area (Å²) < 4.78 is 0. The number of aromatic nitrogens is 3. The van der Waals surface area contributed by atoms with E-state index in [9.17, 15) is 4.79 Å². The first kappa shape index (κ1) is 10.8. The van der Waals surface area contributed by atoms with Gasteiger partial charge in [0.1, 0.15) is 5.69 Å². The van der Waals surface area contributed by atoms with E-state index >= 15 is 0 Å². The first-order valence-electron chi connectivity index (χ1n) is 4.88. The first-order chi connectivity index (χ1) is 7.69. The van der Waals surface area contributed by atoms with Crippen LogP contribution in [0.15, 0.2) is 18.3 Å². The molecule has 6 heteroatoms. The maximum atomic E-state index is 11.7. The lowest BCUT2D eigenvalue weighted by Gasteiger charge is -1.97. The number of rotatable bonds is 3. The number of nitrogens with zero attached hydrogens (tertiary/aromatic N) is 1. The Morgan fingerprint density at radius 1 is 1.56 bits per heavy atom. The molecule has 2 rings (SSSR count). The van der Waals surface area contributed by atoms with Crippen LogP contribution >= 0.6 is 11.6 Å². The average Bonchev–Trinajstić information content (AvgIpc) is 2.87. The molecule has 0 saturated carbocycles. The third-order valence-electron chi connectivity index (χ3n) is 2.15. The highest BCUT2D eigenvalue weighted by Crippen LogP contribution is 2.12. The third kappa shape index (κ3) is 2.25. The summed E-state index contributed by atoms with van der Waals surface area (Å²) in [5.74, 6) is 0.244. The molecule has 0 aliphatic heterocycles. The summed E-state index contributed by atoms with van der Waals surface area (Å²) in [4.78, 5) is 14.4. The van der Waals surface area contributed by atoms with E-state index in [0.29, 0.717) is 16.5 Å². The Labute approximate surface area is 97.2 Å². The van der Waals surface area contributed by atoms with Crippen molar-refractivity contribution in [2.75, 3.05) is 5.32 Å². The fourth-order valence-electron chi connectivity index (χ4n) is 1.29. The zero-order chi connectivity index (χ0) is 11.5. The van der Waals surface area contributed by atoms with E-state index in [-0.39, 0.29) is 5.91 Å². The second-order valence-electron chi connectivity index (χ2n) is 3.32. The van der Waals surface area contributed by atoms with E-state index in [1.165, 1.54) is 0 Å². The number of anilines is 1. The van der Waals surface area contributed by atoms with Gasteiger partial charge in [0.05, 0.1) is 5.02 Å². The number of halogens is 1. The molecular weight excluding hydrogens is 228 g/mol. The predicted molar refractivity (Wildman–Crippen MR) is 61.7 cm³/mol. The van der Waals surface area contributed by atoms with E-state index in [1.54, 1.807) is 18.3 Å². The zero-order valence-electron chi connectivity index (χ0n) is 8.67. The van der Waals surface area contributed by atoms with Gasteiger partial charge in [-0.2, -0.15) is 5.10 Å². The number of hydrogen-bond acceptors (Lipinski definition) is 2. The van der Waals surface area contributed by atoms with Gasteiger partial charge >= 0.3 is 0 Å². The molecule has 0 aromatic carbocycles. The van der Waals surface area contributed by atoms with Gasteiger partial charge in [-0.3, -0.25) is 9.89 Å². The van der Waals surface area contributed by atoms with Gasteiger partial charge in [-0.15, -0.1) is 0 Å². The van der Waals surface area contributed by atoms with E-state index in [2.05, 4.69) is 20.5 Å². The molecule has 16 heavy (non-hydrogen) atoms. The van der Waals surface area contributed by atoms with Crippen LogP contribution in [0, 0.1) is 0 Å². The maximum absolute atomic E-state index is 11.7. The van der Waals surface area contributed by atoms with Crippen molar-refractivity contribution in [3.05, 3.63) is 34.7 Å². The summed E-state index contributed by atoms with van der Waals surface area (Å²) in [6.45, 7) is 2.00. The molecule has 0 saturated heterocycles. The Balaban J connectivity index is 2.07. The fraction of sp³-hybridized carbons (Fsp3) is 0.200. The normalized spacial score (nSPS) is 10.4. The van der Waals surface area contributed by atoms with Gasteiger partial charge in [-0.05, 0) is 12.5 Å². The Morgan fingerprint density at radius 2 is 2.38 bits per heavy atom. The minimum Gasteiger partial charge on any atom is -0.356 e.